The van der Waals surface area contributed by atoms with Crippen LogP contribution in [-0.4, -0.2) is 17.6 Å². The highest BCUT2D eigenvalue weighted by molar-refractivity contribution is 6.28. The Balaban J connectivity index is 2.23. The molecule has 22 heavy (non-hydrogen) atoms. The minimum absolute atomic E-state index is 0.158. The van der Waals surface area contributed by atoms with Crippen LogP contribution >= 0.6 is 11.6 Å². The van der Waals surface area contributed by atoms with Crippen LogP contribution in [-0.2, 0) is 0 Å². The number of amidine groups is 1. The number of hydrogen-bond donors (Lipinski definition) is 2. The summed E-state index contributed by atoms with van der Waals surface area (Å²) in [6.45, 7) is 3.90. The van der Waals surface area contributed by atoms with E-state index in [-0.39, 0.29) is 11.8 Å². The van der Waals surface area contributed by atoms with Crippen LogP contribution in [0.25, 0.3) is 0 Å². The summed E-state index contributed by atoms with van der Waals surface area (Å²) >= 11 is 5.62. The van der Waals surface area contributed by atoms with E-state index in [1.54, 1.807) is 18.2 Å². The molecule has 4 nitrogen and oxygen atoms in total. The van der Waals surface area contributed by atoms with Gasteiger partial charge in [0, 0.05) is 11.3 Å². The minimum atomic E-state index is -0.158. The Labute approximate surface area is 135 Å². The molecule has 1 amide bonds. The molecule has 0 aliphatic carbocycles. The summed E-state index contributed by atoms with van der Waals surface area (Å²) in [5.41, 5.74) is 9.66. The number of aliphatic imine (C=N–C) groups is 1. The summed E-state index contributed by atoms with van der Waals surface area (Å²) in [4.78, 5) is 16.5. The highest BCUT2D eigenvalue weighted by Crippen LogP contribution is 2.23. The molecule has 0 saturated heterocycles. The molecule has 0 fully saturated rings. The first kappa shape index (κ1) is 16.0. The molecule has 0 spiro atoms. The molecule has 2 rings (SSSR count). The number of hydrogen-bond acceptors (Lipinski definition) is 2. The Morgan fingerprint density at radius 3 is 2.50 bits per heavy atom. The lowest BCUT2D eigenvalue weighted by atomic mass is 10.1. The van der Waals surface area contributed by atoms with Gasteiger partial charge in [0.1, 0.15) is 5.84 Å². The van der Waals surface area contributed by atoms with Crippen molar-refractivity contribution in [3.63, 3.8) is 0 Å². The number of nitrogens with two attached hydrogens (primary N) is 1. The van der Waals surface area contributed by atoms with Crippen molar-refractivity contribution >= 4 is 34.7 Å². The van der Waals surface area contributed by atoms with Gasteiger partial charge in [0.05, 0.1) is 11.6 Å². The molecule has 114 valence electrons. The zero-order chi connectivity index (χ0) is 16.1. The fraction of sp³-hybridized carbons (Fsp3) is 0.176. The van der Waals surface area contributed by atoms with Gasteiger partial charge < -0.3 is 11.1 Å². The Hall–Kier alpha value is -2.33. The van der Waals surface area contributed by atoms with Crippen molar-refractivity contribution < 1.29 is 4.79 Å². The lowest BCUT2D eigenvalue weighted by Gasteiger charge is -2.10. The van der Waals surface area contributed by atoms with Crippen LogP contribution in [0.2, 0.25) is 0 Å². The van der Waals surface area contributed by atoms with Crippen LogP contribution in [0, 0.1) is 13.8 Å². The van der Waals surface area contributed by atoms with Crippen LogP contribution in [0.5, 0.6) is 0 Å². The first-order chi connectivity index (χ1) is 10.5. The van der Waals surface area contributed by atoms with Gasteiger partial charge in [-0.1, -0.05) is 23.8 Å². The van der Waals surface area contributed by atoms with Gasteiger partial charge in [0.2, 0.25) is 0 Å². The highest BCUT2D eigenvalue weighted by Gasteiger charge is 2.08. The zero-order valence-corrected chi connectivity index (χ0v) is 13.3. The van der Waals surface area contributed by atoms with Gasteiger partial charge in [0.15, 0.2) is 0 Å². The smallest absolute Gasteiger partial charge is 0.255 e. The normalized spacial score (nSPS) is 11.3. The average molecular weight is 316 g/mol. The number of aryl methyl sites for hydroxylation is 2. The van der Waals surface area contributed by atoms with E-state index in [9.17, 15) is 4.79 Å². The number of nitrogens with one attached hydrogen (secondary N) is 1. The standard InChI is InChI=1S/C17H18ClN3O/c1-11-3-6-13(7-4-11)17(22)21-15-9-14(8-5-12(15)2)20-16(19)10-18/h3-9H,10H2,1-2H3,(H2,19,20)(H,21,22). The van der Waals surface area contributed by atoms with E-state index < -0.39 is 0 Å². The SMILES string of the molecule is Cc1ccc(C(=O)Nc2cc(N=C(N)CCl)ccc2C)cc1. The molecule has 0 aliphatic rings. The average Bonchev–Trinajstić information content (AvgIpc) is 2.51. The summed E-state index contributed by atoms with van der Waals surface area (Å²) in [6.07, 6.45) is 0. The predicted octanol–water partition coefficient (Wildman–Crippen LogP) is 3.78. The number of benzene rings is 2. The molecule has 0 radical (unpaired) electrons. The van der Waals surface area contributed by atoms with Crippen molar-refractivity contribution in [1.29, 1.82) is 0 Å². The topological polar surface area (TPSA) is 67.5 Å². The maximum absolute atomic E-state index is 12.3. The van der Waals surface area contributed by atoms with E-state index in [0.717, 1.165) is 11.1 Å². The minimum Gasteiger partial charge on any atom is -0.386 e. The number of carbonyl (C=O) groups is 1. The van der Waals surface area contributed by atoms with E-state index >= 15 is 0 Å². The molecule has 0 heterocycles. The molecule has 0 bridgehead atoms. The molecular formula is C17H18ClN3O. The first-order valence-electron chi connectivity index (χ1n) is 6.87. The third kappa shape index (κ3) is 4.09. The number of nitrogens with zero attached hydrogens (tertiary/aromatic N) is 1. The van der Waals surface area contributed by atoms with Gasteiger partial charge in [-0.2, -0.15) is 0 Å². The quantitative estimate of drug-likeness (QED) is 0.512. The molecule has 2 aromatic rings. The Kier molecular flexibility index (Phi) is 5.17. The van der Waals surface area contributed by atoms with Crippen LogP contribution in [0.15, 0.2) is 47.5 Å². The van der Waals surface area contributed by atoms with Crippen molar-refractivity contribution in [2.45, 2.75) is 13.8 Å². The summed E-state index contributed by atoms with van der Waals surface area (Å²) < 4.78 is 0. The highest BCUT2D eigenvalue weighted by atomic mass is 35.5. The van der Waals surface area contributed by atoms with Crippen molar-refractivity contribution in [2.75, 3.05) is 11.2 Å². The summed E-state index contributed by atoms with van der Waals surface area (Å²) in [6, 6.07) is 12.9. The lowest BCUT2D eigenvalue weighted by molar-refractivity contribution is 0.102. The maximum Gasteiger partial charge on any atom is 0.255 e. The number of rotatable bonds is 4. The van der Waals surface area contributed by atoms with E-state index in [2.05, 4.69) is 10.3 Å². The molecule has 2 aromatic carbocycles. The summed E-state index contributed by atoms with van der Waals surface area (Å²) in [5.74, 6) is 0.342. The first-order valence-corrected chi connectivity index (χ1v) is 7.40. The number of halogens is 1. The Bertz CT molecular complexity index is 708. The van der Waals surface area contributed by atoms with Crippen molar-refractivity contribution in [1.82, 2.24) is 0 Å². The van der Waals surface area contributed by atoms with Crippen molar-refractivity contribution in [3.8, 4) is 0 Å². The largest absolute Gasteiger partial charge is 0.386 e. The fourth-order valence-electron chi connectivity index (χ4n) is 1.91. The zero-order valence-electron chi connectivity index (χ0n) is 12.6. The Morgan fingerprint density at radius 2 is 1.86 bits per heavy atom. The van der Waals surface area contributed by atoms with Crippen molar-refractivity contribution in [3.05, 3.63) is 59.2 Å². The summed E-state index contributed by atoms with van der Waals surface area (Å²) in [5, 5.41) is 2.90. The van der Waals surface area contributed by atoms with E-state index in [1.807, 2.05) is 38.1 Å². The molecule has 0 aliphatic heterocycles. The van der Waals surface area contributed by atoms with E-state index in [4.69, 9.17) is 17.3 Å². The lowest BCUT2D eigenvalue weighted by Crippen LogP contribution is -2.13. The second kappa shape index (κ2) is 7.09. The maximum atomic E-state index is 12.3. The molecule has 3 N–H and O–H groups in total. The molecule has 0 saturated carbocycles. The fourth-order valence-corrected chi connectivity index (χ4v) is 1.97. The molecule has 0 atom stereocenters. The monoisotopic (exact) mass is 315 g/mol. The Morgan fingerprint density at radius 1 is 1.18 bits per heavy atom. The van der Waals surface area contributed by atoms with Gasteiger partial charge in [-0.15, -0.1) is 11.6 Å². The molecule has 0 unspecified atom stereocenters. The van der Waals surface area contributed by atoms with Crippen LogP contribution in [0.4, 0.5) is 11.4 Å². The van der Waals surface area contributed by atoms with E-state index in [1.165, 1.54) is 0 Å². The van der Waals surface area contributed by atoms with Crippen LogP contribution < -0.4 is 11.1 Å². The third-order valence-electron chi connectivity index (χ3n) is 3.19. The van der Waals surface area contributed by atoms with Crippen molar-refractivity contribution in [2.24, 2.45) is 10.7 Å². The number of amides is 1. The second-order valence-electron chi connectivity index (χ2n) is 5.06. The molecule has 5 heteroatoms. The predicted molar refractivity (Wildman–Crippen MR) is 92.3 cm³/mol. The van der Waals surface area contributed by atoms with Gasteiger partial charge in [-0.3, -0.25) is 4.79 Å². The van der Waals surface area contributed by atoms with E-state index in [0.29, 0.717) is 22.8 Å². The van der Waals surface area contributed by atoms with Gasteiger partial charge >= 0.3 is 0 Å². The number of alkyl halides is 1. The van der Waals surface area contributed by atoms with Gasteiger partial charge in [-0.25, -0.2) is 4.99 Å². The summed E-state index contributed by atoms with van der Waals surface area (Å²) in [7, 11) is 0. The number of anilines is 1. The molecule has 0 aromatic heterocycles. The molecular weight excluding hydrogens is 298 g/mol. The van der Waals surface area contributed by atoms with Gasteiger partial charge in [-0.05, 0) is 43.7 Å². The van der Waals surface area contributed by atoms with Crippen LogP contribution in [0.3, 0.4) is 0 Å². The third-order valence-corrected chi connectivity index (χ3v) is 3.47. The van der Waals surface area contributed by atoms with Crippen LogP contribution in [0.1, 0.15) is 21.5 Å². The van der Waals surface area contributed by atoms with Gasteiger partial charge in [0.25, 0.3) is 5.91 Å². The second-order valence-corrected chi connectivity index (χ2v) is 5.32. The number of carbonyl (C=O) groups excluding carboxylic acids is 1.